The van der Waals surface area contributed by atoms with Gasteiger partial charge >= 0.3 is 0 Å². The summed E-state index contributed by atoms with van der Waals surface area (Å²) in [6.07, 6.45) is 3.63. The van der Waals surface area contributed by atoms with Gasteiger partial charge in [0.1, 0.15) is 5.82 Å². The molecule has 2 aromatic carbocycles. The fourth-order valence-electron chi connectivity index (χ4n) is 2.96. The van der Waals surface area contributed by atoms with E-state index in [9.17, 15) is 17.6 Å². The average molecular weight is 373 g/mol. The van der Waals surface area contributed by atoms with E-state index in [2.05, 4.69) is 4.72 Å². The molecule has 2 aromatic rings. The van der Waals surface area contributed by atoms with Crippen molar-refractivity contribution >= 4 is 15.8 Å². The molecule has 0 spiro atoms. The van der Waals surface area contributed by atoms with E-state index >= 15 is 0 Å². The van der Waals surface area contributed by atoms with Gasteiger partial charge < -0.3 is 0 Å². The number of hydrogen-bond acceptors (Lipinski definition) is 3. The van der Waals surface area contributed by atoms with Crippen LogP contribution in [0.25, 0.3) is 0 Å². The molecule has 0 amide bonds. The van der Waals surface area contributed by atoms with Crippen LogP contribution in [0.2, 0.25) is 0 Å². The smallest absolute Gasteiger partial charge is 0.241 e. The number of ketones is 1. The third kappa shape index (κ3) is 4.08. The van der Waals surface area contributed by atoms with Gasteiger partial charge in [0.25, 0.3) is 0 Å². The van der Waals surface area contributed by atoms with E-state index in [-0.39, 0.29) is 10.7 Å². The second kappa shape index (κ2) is 7.51. The number of aryl methyl sites for hydroxylation is 1. The first kappa shape index (κ1) is 18.5. The Morgan fingerprint density at radius 3 is 2.31 bits per heavy atom. The number of carbonyl (C=O) groups excluding carboxylic acids is 1. The zero-order valence-electron chi connectivity index (χ0n) is 14.4. The maximum Gasteiger partial charge on any atom is 0.241 e. The minimum absolute atomic E-state index is 0.0859. The molecule has 0 aromatic heterocycles. The van der Waals surface area contributed by atoms with Gasteiger partial charge in [0, 0.05) is 12.0 Å². The molecule has 4 nitrogen and oxygen atoms in total. The van der Waals surface area contributed by atoms with Crippen LogP contribution in [0.1, 0.15) is 36.4 Å². The quantitative estimate of drug-likeness (QED) is 0.866. The van der Waals surface area contributed by atoms with Crippen LogP contribution in [0.3, 0.4) is 0 Å². The van der Waals surface area contributed by atoms with E-state index in [4.69, 9.17) is 0 Å². The van der Waals surface area contributed by atoms with Gasteiger partial charge in [0.15, 0.2) is 5.78 Å². The Morgan fingerprint density at radius 1 is 1.04 bits per heavy atom. The molecule has 1 atom stereocenters. The number of halogens is 1. The summed E-state index contributed by atoms with van der Waals surface area (Å²) in [5, 5.41) is 0. The van der Waals surface area contributed by atoms with Gasteiger partial charge in [-0.05, 0) is 49.6 Å². The molecule has 1 aliphatic carbocycles. The number of carbonyl (C=O) groups is 1. The number of benzene rings is 2. The molecule has 0 fully saturated rings. The molecule has 0 saturated heterocycles. The van der Waals surface area contributed by atoms with Crippen molar-refractivity contribution in [2.45, 2.75) is 37.1 Å². The molecule has 136 valence electrons. The standard InChI is InChI=1S/C20H20FNO3S/c1-14-6-12-17(13-7-14)26(24,25)22-20(15-8-10-16(21)11-9-15)18-4-2-3-5-19(18)23/h4,6-13,20,22H,2-3,5H2,1H3. The number of allylic oxidation sites excluding steroid dienone is 1. The topological polar surface area (TPSA) is 63.2 Å². The van der Waals surface area contributed by atoms with Gasteiger partial charge in [0.05, 0.1) is 10.9 Å². The van der Waals surface area contributed by atoms with Crippen molar-refractivity contribution in [3.05, 3.63) is 77.1 Å². The summed E-state index contributed by atoms with van der Waals surface area (Å²) in [5.41, 5.74) is 1.89. The van der Waals surface area contributed by atoms with Gasteiger partial charge in [-0.2, -0.15) is 4.72 Å². The number of Topliss-reactive ketones (excluding diaryl/α,β-unsaturated/α-hetero) is 1. The molecule has 0 radical (unpaired) electrons. The predicted molar refractivity (Wildman–Crippen MR) is 97.6 cm³/mol. The third-order valence-electron chi connectivity index (χ3n) is 4.41. The van der Waals surface area contributed by atoms with Gasteiger partial charge in [-0.15, -0.1) is 0 Å². The highest BCUT2D eigenvalue weighted by molar-refractivity contribution is 7.89. The lowest BCUT2D eigenvalue weighted by Crippen LogP contribution is -2.32. The van der Waals surface area contributed by atoms with E-state index in [1.54, 1.807) is 18.2 Å². The molecule has 0 aliphatic heterocycles. The average Bonchev–Trinajstić information content (AvgIpc) is 2.62. The van der Waals surface area contributed by atoms with Gasteiger partial charge in [0.2, 0.25) is 10.0 Å². The monoisotopic (exact) mass is 373 g/mol. The summed E-state index contributed by atoms with van der Waals surface area (Å²) in [6, 6.07) is 11.2. The molecule has 1 unspecified atom stereocenters. The fourth-order valence-corrected chi connectivity index (χ4v) is 4.17. The Labute approximate surface area is 152 Å². The van der Waals surface area contributed by atoms with E-state index in [1.807, 2.05) is 6.92 Å². The first-order chi connectivity index (χ1) is 12.4. The second-order valence-electron chi connectivity index (χ2n) is 6.39. The van der Waals surface area contributed by atoms with Crippen molar-refractivity contribution < 1.29 is 17.6 Å². The summed E-state index contributed by atoms with van der Waals surface area (Å²) in [4.78, 5) is 12.5. The fraction of sp³-hybridized carbons (Fsp3) is 0.250. The van der Waals surface area contributed by atoms with Crippen LogP contribution in [0.4, 0.5) is 4.39 Å². The van der Waals surface area contributed by atoms with E-state index in [0.717, 1.165) is 12.0 Å². The van der Waals surface area contributed by atoms with E-state index < -0.39 is 21.9 Å². The lowest BCUT2D eigenvalue weighted by Gasteiger charge is -2.24. The van der Waals surface area contributed by atoms with Gasteiger partial charge in [-0.25, -0.2) is 12.8 Å². The third-order valence-corrected chi connectivity index (χ3v) is 5.85. The first-order valence-electron chi connectivity index (χ1n) is 8.44. The van der Waals surface area contributed by atoms with Crippen molar-refractivity contribution in [2.75, 3.05) is 0 Å². The molecule has 1 aliphatic rings. The summed E-state index contributed by atoms with van der Waals surface area (Å²) < 4.78 is 41.6. The molecule has 0 bridgehead atoms. The number of hydrogen-bond donors (Lipinski definition) is 1. The van der Waals surface area contributed by atoms with E-state index in [0.29, 0.717) is 24.0 Å². The zero-order valence-corrected chi connectivity index (χ0v) is 15.2. The zero-order chi connectivity index (χ0) is 18.7. The Kier molecular flexibility index (Phi) is 5.34. The minimum Gasteiger partial charge on any atom is -0.294 e. The van der Waals surface area contributed by atoms with Crippen LogP contribution in [-0.4, -0.2) is 14.2 Å². The van der Waals surface area contributed by atoms with Crippen LogP contribution in [0.5, 0.6) is 0 Å². The lowest BCUT2D eigenvalue weighted by atomic mass is 9.89. The second-order valence-corrected chi connectivity index (χ2v) is 8.11. The number of sulfonamides is 1. The van der Waals surface area contributed by atoms with Crippen LogP contribution >= 0.6 is 0 Å². The largest absolute Gasteiger partial charge is 0.294 e. The highest BCUT2D eigenvalue weighted by Gasteiger charge is 2.29. The Morgan fingerprint density at radius 2 is 1.69 bits per heavy atom. The van der Waals surface area contributed by atoms with Crippen molar-refractivity contribution in [3.8, 4) is 0 Å². The summed E-state index contributed by atoms with van der Waals surface area (Å²) in [7, 11) is -3.84. The predicted octanol–water partition coefficient (Wildman–Crippen LogP) is 3.83. The maximum atomic E-state index is 13.3. The normalized spacial score (nSPS) is 16.2. The highest BCUT2D eigenvalue weighted by Crippen LogP contribution is 2.29. The first-order valence-corrected chi connectivity index (χ1v) is 9.93. The molecule has 3 rings (SSSR count). The molecule has 1 N–H and O–H groups in total. The summed E-state index contributed by atoms with van der Waals surface area (Å²) in [5.74, 6) is -0.505. The Bertz CT molecular complexity index is 932. The van der Waals surface area contributed by atoms with Crippen molar-refractivity contribution in [1.29, 1.82) is 0 Å². The minimum atomic E-state index is -3.84. The number of rotatable bonds is 5. The summed E-state index contributed by atoms with van der Waals surface area (Å²) >= 11 is 0. The number of nitrogens with one attached hydrogen (secondary N) is 1. The van der Waals surface area contributed by atoms with Crippen LogP contribution in [-0.2, 0) is 14.8 Å². The highest BCUT2D eigenvalue weighted by atomic mass is 32.2. The lowest BCUT2D eigenvalue weighted by molar-refractivity contribution is -0.116. The van der Waals surface area contributed by atoms with Crippen molar-refractivity contribution in [2.24, 2.45) is 0 Å². The molecular formula is C20H20FNO3S. The van der Waals surface area contributed by atoms with Crippen LogP contribution < -0.4 is 4.72 Å². The Balaban J connectivity index is 2.00. The SMILES string of the molecule is Cc1ccc(S(=O)(=O)NC(C2=CCCCC2=O)c2ccc(F)cc2)cc1. The molecule has 0 saturated carbocycles. The molecule has 0 heterocycles. The van der Waals surface area contributed by atoms with Crippen molar-refractivity contribution in [1.82, 2.24) is 4.72 Å². The van der Waals surface area contributed by atoms with Crippen LogP contribution in [0.15, 0.2) is 65.1 Å². The van der Waals surface area contributed by atoms with Gasteiger partial charge in [-0.3, -0.25) is 4.79 Å². The molecule has 6 heteroatoms. The maximum absolute atomic E-state index is 13.3. The van der Waals surface area contributed by atoms with Crippen molar-refractivity contribution in [3.63, 3.8) is 0 Å². The Hall–Kier alpha value is -2.31. The van der Waals surface area contributed by atoms with E-state index in [1.165, 1.54) is 36.4 Å². The van der Waals surface area contributed by atoms with Gasteiger partial charge in [-0.1, -0.05) is 35.9 Å². The summed E-state index contributed by atoms with van der Waals surface area (Å²) in [6.45, 7) is 1.87. The molecule has 26 heavy (non-hydrogen) atoms. The van der Waals surface area contributed by atoms with Crippen LogP contribution in [0, 0.1) is 12.7 Å². The molecular weight excluding hydrogens is 353 g/mol.